The van der Waals surface area contributed by atoms with Gasteiger partial charge in [-0.05, 0) is 0 Å². The predicted octanol–water partition coefficient (Wildman–Crippen LogP) is 1.38. The van der Waals surface area contributed by atoms with E-state index in [2.05, 4.69) is 4.74 Å². The van der Waals surface area contributed by atoms with Crippen molar-refractivity contribution < 1.29 is 14.6 Å². The maximum absolute atomic E-state index is 10.6. The van der Waals surface area contributed by atoms with Crippen LogP contribution < -0.4 is 0 Å². The van der Waals surface area contributed by atoms with E-state index >= 15 is 0 Å². The van der Waals surface area contributed by atoms with E-state index in [0.717, 1.165) is 0 Å². The average molecular weight is 194 g/mol. The van der Waals surface area contributed by atoms with Gasteiger partial charge in [-0.1, -0.05) is 42.5 Å². The van der Waals surface area contributed by atoms with Gasteiger partial charge in [-0.15, -0.1) is 0 Å². The summed E-state index contributed by atoms with van der Waals surface area (Å²) in [4.78, 5) is 10.6. The summed E-state index contributed by atoms with van der Waals surface area (Å²) in [7, 11) is 1.33. The highest BCUT2D eigenvalue weighted by Crippen LogP contribution is 1.83. The summed E-state index contributed by atoms with van der Waals surface area (Å²) in [5, 5.41) is 8.39. The van der Waals surface area contributed by atoms with Crippen molar-refractivity contribution in [1.82, 2.24) is 0 Å². The smallest absolute Gasteiger partial charge is 0.330 e. The van der Waals surface area contributed by atoms with Crippen LogP contribution in [-0.4, -0.2) is 24.8 Å². The molecule has 0 aromatic carbocycles. The Balaban J connectivity index is 3.73. The molecule has 0 bridgehead atoms. The summed E-state index contributed by atoms with van der Waals surface area (Å²) in [6, 6.07) is 0. The molecule has 0 atom stereocenters. The van der Waals surface area contributed by atoms with Gasteiger partial charge in [0.15, 0.2) is 0 Å². The van der Waals surface area contributed by atoms with Gasteiger partial charge in [-0.2, -0.15) is 0 Å². The Hall–Kier alpha value is -1.61. The molecule has 0 fully saturated rings. The lowest BCUT2D eigenvalue weighted by Crippen LogP contribution is -1.92. The van der Waals surface area contributed by atoms with E-state index in [1.807, 2.05) is 0 Å². The first-order valence-corrected chi connectivity index (χ1v) is 4.16. The fraction of sp³-hybridized carbons (Fsp3) is 0.182. The Kier molecular flexibility index (Phi) is 8.39. The molecule has 1 N–H and O–H groups in total. The molecule has 0 aliphatic heterocycles. The minimum Gasteiger partial charge on any atom is -0.466 e. The molecule has 3 nitrogen and oxygen atoms in total. The number of carbonyl (C=O) groups is 1. The fourth-order valence-corrected chi connectivity index (χ4v) is 0.598. The van der Waals surface area contributed by atoms with Crippen molar-refractivity contribution in [3.05, 3.63) is 48.6 Å². The molecule has 0 saturated carbocycles. The first kappa shape index (κ1) is 12.4. The van der Waals surface area contributed by atoms with Crippen LogP contribution >= 0.6 is 0 Å². The van der Waals surface area contributed by atoms with E-state index in [-0.39, 0.29) is 12.6 Å². The largest absolute Gasteiger partial charge is 0.466 e. The normalized spacial score (nSPS) is 12.4. The summed E-state index contributed by atoms with van der Waals surface area (Å²) in [6.07, 6.45) is 13.3. The van der Waals surface area contributed by atoms with E-state index in [1.54, 1.807) is 42.5 Å². The van der Waals surface area contributed by atoms with Gasteiger partial charge >= 0.3 is 5.97 Å². The van der Waals surface area contributed by atoms with E-state index in [0.29, 0.717) is 0 Å². The third kappa shape index (κ3) is 8.49. The lowest BCUT2D eigenvalue weighted by Gasteiger charge is -1.85. The van der Waals surface area contributed by atoms with Crippen LogP contribution in [0.1, 0.15) is 0 Å². The molecule has 0 aromatic rings. The second-order valence-corrected chi connectivity index (χ2v) is 2.26. The van der Waals surface area contributed by atoms with Crippen LogP contribution in [0.25, 0.3) is 0 Å². The quantitative estimate of drug-likeness (QED) is 0.408. The number of hydrogen-bond acceptors (Lipinski definition) is 3. The Bertz CT molecular complexity index is 260. The first-order chi connectivity index (χ1) is 6.81. The Morgan fingerprint density at radius 3 is 2.29 bits per heavy atom. The number of esters is 1. The highest BCUT2D eigenvalue weighted by atomic mass is 16.5. The molecule has 0 saturated heterocycles. The molecular formula is C11H14O3. The molecule has 0 heterocycles. The van der Waals surface area contributed by atoms with Gasteiger partial charge in [0.1, 0.15) is 0 Å². The third-order valence-corrected chi connectivity index (χ3v) is 1.23. The van der Waals surface area contributed by atoms with Gasteiger partial charge in [0.2, 0.25) is 0 Å². The van der Waals surface area contributed by atoms with Crippen LogP contribution in [-0.2, 0) is 9.53 Å². The molecular weight excluding hydrogens is 180 g/mol. The van der Waals surface area contributed by atoms with E-state index in [9.17, 15) is 4.79 Å². The van der Waals surface area contributed by atoms with Crippen molar-refractivity contribution in [2.75, 3.05) is 13.7 Å². The number of rotatable bonds is 5. The third-order valence-electron chi connectivity index (χ3n) is 1.23. The number of ether oxygens (including phenoxy) is 1. The summed E-state index contributed by atoms with van der Waals surface area (Å²) in [5.41, 5.74) is 0. The summed E-state index contributed by atoms with van der Waals surface area (Å²) in [6.45, 7) is 0.0380. The number of methoxy groups -OCH3 is 1. The van der Waals surface area contributed by atoms with Crippen molar-refractivity contribution in [2.24, 2.45) is 0 Å². The second-order valence-electron chi connectivity index (χ2n) is 2.26. The van der Waals surface area contributed by atoms with Crippen LogP contribution in [0, 0.1) is 0 Å². The minimum absolute atomic E-state index is 0.0380. The van der Waals surface area contributed by atoms with E-state index in [4.69, 9.17) is 5.11 Å². The second kappa shape index (κ2) is 9.48. The van der Waals surface area contributed by atoms with Crippen molar-refractivity contribution in [1.29, 1.82) is 0 Å². The molecule has 76 valence electrons. The first-order valence-electron chi connectivity index (χ1n) is 4.16. The van der Waals surface area contributed by atoms with Crippen LogP contribution in [0.3, 0.4) is 0 Å². The Morgan fingerprint density at radius 2 is 1.71 bits per heavy atom. The van der Waals surface area contributed by atoms with Crippen molar-refractivity contribution in [2.45, 2.75) is 0 Å². The topological polar surface area (TPSA) is 46.5 Å². The Morgan fingerprint density at radius 1 is 1.14 bits per heavy atom. The monoisotopic (exact) mass is 194 g/mol. The number of carbonyl (C=O) groups excluding carboxylic acids is 1. The van der Waals surface area contributed by atoms with Gasteiger partial charge in [0.05, 0.1) is 13.7 Å². The molecule has 0 aliphatic carbocycles. The SMILES string of the molecule is COC(=O)/C=C/C=C/C=C/C=C/CO. The zero-order valence-corrected chi connectivity index (χ0v) is 8.09. The maximum Gasteiger partial charge on any atom is 0.330 e. The van der Waals surface area contributed by atoms with Crippen LogP contribution in [0.15, 0.2) is 48.6 Å². The molecule has 0 rings (SSSR count). The van der Waals surface area contributed by atoms with E-state index in [1.165, 1.54) is 13.2 Å². The van der Waals surface area contributed by atoms with Crippen LogP contribution in [0.5, 0.6) is 0 Å². The van der Waals surface area contributed by atoms with Gasteiger partial charge in [-0.3, -0.25) is 0 Å². The molecule has 0 spiro atoms. The maximum atomic E-state index is 10.6. The van der Waals surface area contributed by atoms with Gasteiger partial charge in [0.25, 0.3) is 0 Å². The highest BCUT2D eigenvalue weighted by molar-refractivity contribution is 5.82. The van der Waals surface area contributed by atoms with Gasteiger partial charge in [-0.25, -0.2) is 4.79 Å². The summed E-state index contributed by atoms with van der Waals surface area (Å²) in [5.74, 6) is -0.376. The number of aliphatic hydroxyl groups excluding tert-OH is 1. The minimum atomic E-state index is -0.376. The Labute approximate surface area is 83.7 Å². The van der Waals surface area contributed by atoms with E-state index < -0.39 is 0 Å². The van der Waals surface area contributed by atoms with Crippen molar-refractivity contribution in [3.63, 3.8) is 0 Å². The summed E-state index contributed by atoms with van der Waals surface area (Å²) < 4.78 is 4.39. The number of hydrogen-bond donors (Lipinski definition) is 1. The predicted molar refractivity (Wildman–Crippen MR) is 55.7 cm³/mol. The lowest BCUT2D eigenvalue weighted by atomic mass is 10.4. The van der Waals surface area contributed by atoms with Gasteiger partial charge < -0.3 is 9.84 Å². The fourth-order valence-electron chi connectivity index (χ4n) is 0.598. The molecule has 0 aliphatic rings. The average Bonchev–Trinajstić information content (AvgIpc) is 2.21. The zero-order valence-electron chi connectivity index (χ0n) is 8.09. The number of aliphatic hydroxyl groups is 1. The summed E-state index contributed by atoms with van der Waals surface area (Å²) >= 11 is 0. The molecule has 3 heteroatoms. The molecule has 14 heavy (non-hydrogen) atoms. The van der Waals surface area contributed by atoms with Crippen molar-refractivity contribution in [3.8, 4) is 0 Å². The zero-order chi connectivity index (χ0) is 10.6. The molecule has 0 amide bonds. The lowest BCUT2D eigenvalue weighted by molar-refractivity contribution is -0.134. The standard InChI is InChI=1S/C11H14O3/c1-14-11(13)9-7-5-3-2-4-6-8-10-12/h2-9,12H,10H2,1H3/b4-2+,5-3+,8-6+,9-7+. The molecule has 0 unspecified atom stereocenters. The number of allylic oxidation sites excluding steroid dienone is 6. The molecule has 0 aromatic heterocycles. The van der Waals surface area contributed by atoms with Crippen molar-refractivity contribution >= 4 is 5.97 Å². The van der Waals surface area contributed by atoms with Crippen LogP contribution in [0.2, 0.25) is 0 Å². The highest BCUT2D eigenvalue weighted by Gasteiger charge is 1.85. The van der Waals surface area contributed by atoms with Gasteiger partial charge in [0, 0.05) is 6.08 Å². The van der Waals surface area contributed by atoms with Crippen LogP contribution in [0.4, 0.5) is 0 Å². The molecule has 0 radical (unpaired) electrons.